The molecule has 0 saturated heterocycles. The van der Waals surface area contributed by atoms with Gasteiger partial charge in [0, 0.05) is 12.5 Å². The lowest BCUT2D eigenvalue weighted by Gasteiger charge is -2.28. The fourth-order valence-electron chi connectivity index (χ4n) is 1.37. The van der Waals surface area contributed by atoms with Crippen molar-refractivity contribution in [3.63, 3.8) is 0 Å². The van der Waals surface area contributed by atoms with Crippen LogP contribution in [-0.2, 0) is 6.54 Å². The number of thiol groups is 1. The summed E-state index contributed by atoms with van der Waals surface area (Å²) in [6.45, 7) is 10.3. The molecule has 3 nitrogen and oxygen atoms in total. The van der Waals surface area contributed by atoms with E-state index in [0.717, 1.165) is 18.0 Å². The SMILES string of the molecule is CCn1cc(OCC(CS)C(C)(C)C)cn1. The van der Waals surface area contributed by atoms with Gasteiger partial charge in [-0.05, 0) is 18.1 Å². The van der Waals surface area contributed by atoms with Crippen LogP contribution in [0.2, 0.25) is 0 Å². The number of hydrogen-bond donors (Lipinski definition) is 1. The van der Waals surface area contributed by atoms with Gasteiger partial charge in [-0.25, -0.2) is 0 Å². The summed E-state index contributed by atoms with van der Waals surface area (Å²) in [5.74, 6) is 2.13. The van der Waals surface area contributed by atoms with Gasteiger partial charge in [0.1, 0.15) is 0 Å². The highest BCUT2D eigenvalue weighted by atomic mass is 32.1. The summed E-state index contributed by atoms with van der Waals surface area (Å²) < 4.78 is 7.60. The van der Waals surface area contributed by atoms with Crippen LogP contribution in [0.1, 0.15) is 27.7 Å². The smallest absolute Gasteiger partial charge is 0.157 e. The van der Waals surface area contributed by atoms with Crippen LogP contribution in [0.25, 0.3) is 0 Å². The Balaban J connectivity index is 2.49. The molecule has 4 heteroatoms. The monoisotopic (exact) mass is 242 g/mol. The molecule has 0 N–H and O–H groups in total. The van der Waals surface area contributed by atoms with Gasteiger partial charge in [0.25, 0.3) is 0 Å². The summed E-state index contributed by atoms with van der Waals surface area (Å²) in [6, 6.07) is 0. The van der Waals surface area contributed by atoms with Gasteiger partial charge in [0.15, 0.2) is 5.75 Å². The maximum Gasteiger partial charge on any atom is 0.157 e. The second-order valence-electron chi connectivity index (χ2n) is 5.09. The van der Waals surface area contributed by atoms with Crippen molar-refractivity contribution in [2.75, 3.05) is 12.4 Å². The third-order valence-corrected chi connectivity index (χ3v) is 3.27. The Bertz CT molecular complexity index is 317. The van der Waals surface area contributed by atoms with Crippen molar-refractivity contribution in [3.8, 4) is 5.75 Å². The number of aryl methyl sites for hydroxylation is 1. The van der Waals surface area contributed by atoms with E-state index in [9.17, 15) is 0 Å². The zero-order valence-electron chi connectivity index (χ0n) is 10.6. The molecule has 0 aliphatic heterocycles. The summed E-state index contributed by atoms with van der Waals surface area (Å²) in [5.41, 5.74) is 0.225. The first kappa shape index (κ1) is 13.4. The van der Waals surface area contributed by atoms with Crippen molar-refractivity contribution >= 4 is 12.6 Å². The second-order valence-corrected chi connectivity index (χ2v) is 5.45. The third kappa shape index (κ3) is 3.74. The molecule has 1 aromatic rings. The Hall–Kier alpha value is -0.640. The molecule has 0 fully saturated rings. The molecule has 0 saturated carbocycles. The van der Waals surface area contributed by atoms with Crippen LogP contribution in [-0.4, -0.2) is 22.1 Å². The number of rotatable bonds is 5. The predicted molar refractivity (Wildman–Crippen MR) is 70.2 cm³/mol. The van der Waals surface area contributed by atoms with Gasteiger partial charge in [0.05, 0.1) is 19.0 Å². The standard InChI is InChI=1S/C12H22N2OS/c1-5-14-7-11(6-13-14)15-8-10(9-16)12(2,3)4/h6-7,10,16H,5,8-9H2,1-4H3. The molecular weight excluding hydrogens is 220 g/mol. The Kier molecular flexibility index (Phi) is 4.71. The molecule has 1 aromatic heterocycles. The van der Waals surface area contributed by atoms with Gasteiger partial charge in [0.2, 0.25) is 0 Å². The molecule has 0 aromatic carbocycles. The lowest BCUT2D eigenvalue weighted by Crippen LogP contribution is -2.28. The van der Waals surface area contributed by atoms with Crippen LogP contribution in [0.15, 0.2) is 12.4 Å². The first-order valence-corrected chi connectivity index (χ1v) is 6.36. The average Bonchev–Trinajstić information content (AvgIpc) is 2.64. The van der Waals surface area contributed by atoms with E-state index in [4.69, 9.17) is 4.74 Å². The fraction of sp³-hybridized carbons (Fsp3) is 0.750. The molecule has 92 valence electrons. The number of aromatic nitrogens is 2. The zero-order chi connectivity index (χ0) is 12.2. The highest BCUT2D eigenvalue weighted by Gasteiger charge is 2.24. The van der Waals surface area contributed by atoms with Crippen LogP contribution in [0, 0.1) is 11.3 Å². The van der Waals surface area contributed by atoms with E-state index in [-0.39, 0.29) is 5.41 Å². The van der Waals surface area contributed by atoms with E-state index >= 15 is 0 Å². The van der Waals surface area contributed by atoms with Crippen LogP contribution < -0.4 is 4.74 Å². The highest BCUT2D eigenvalue weighted by Crippen LogP contribution is 2.27. The minimum Gasteiger partial charge on any atom is -0.490 e. The summed E-state index contributed by atoms with van der Waals surface area (Å²) in [6.07, 6.45) is 3.69. The van der Waals surface area contributed by atoms with Crippen molar-refractivity contribution < 1.29 is 4.74 Å². The maximum absolute atomic E-state index is 5.74. The number of hydrogen-bond acceptors (Lipinski definition) is 3. The topological polar surface area (TPSA) is 27.1 Å². The molecule has 1 atom stereocenters. The van der Waals surface area contributed by atoms with Crippen LogP contribution in [0.3, 0.4) is 0 Å². The molecule has 0 amide bonds. The largest absolute Gasteiger partial charge is 0.490 e. The van der Waals surface area contributed by atoms with E-state index < -0.39 is 0 Å². The van der Waals surface area contributed by atoms with Gasteiger partial charge in [-0.15, -0.1) is 0 Å². The molecule has 1 heterocycles. The minimum absolute atomic E-state index is 0.225. The second kappa shape index (κ2) is 5.62. The molecule has 0 aliphatic carbocycles. The highest BCUT2D eigenvalue weighted by molar-refractivity contribution is 7.80. The summed E-state index contributed by atoms with van der Waals surface area (Å²) in [7, 11) is 0. The summed E-state index contributed by atoms with van der Waals surface area (Å²) >= 11 is 4.38. The fourth-order valence-corrected chi connectivity index (χ4v) is 2.02. The average molecular weight is 242 g/mol. The zero-order valence-corrected chi connectivity index (χ0v) is 11.5. The molecule has 0 aliphatic rings. The van der Waals surface area contributed by atoms with Crippen LogP contribution in [0.5, 0.6) is 5.75 Å². The van der Waals surface area contributed by atoms with E-state index in [0.29, 0.717) is 12.5 Å². The van der Waals surface area contributed by atoms with E-state index in [2.05, 4.69) is 45.4 Å². The first-order valence-electron chi connectivity index (χ1n) is 5.73. The Morgan fingerprint density at radius 3 is 2.62 bits per heavy atom. The molecule has 0 radical (unpaired) electrons. The summed E-state index contributed by atoms with van der Waals surface area (Å²) in [5, 5.41) is 4.17. The molecule has 1 unspecified atom stereocenters. The Labute approximate surface area is 104 Å². The van der Waals surface area contributed by atoms with E-state index in [1.54, 1.807) is 6.20 Å². The molecule has 0 bridgehead atoms. The van der Waals surface area contributed by atoms with Crippen molar-refractivity contribution in [1.82, 2.24) is 9.78 Å². The molecule has 1 rings (SSSR count). The van der Waals surface area contributed by atoms with Gasteiger partial charge in [-0.2, -0.15) is 17.7 Å². The van der Waals surface area contributed by atoms with E-state index in [1.807, 2.05) is 10.9 Å². The number of nitrogens with zero attached hydrogens (tertiary/aromatic N) is 2. The van der Waals surface area contributed by atoms with Crippen LogP contribution >= 0.6 is 12.6 Å². The lowest BCUT2D eigenvalue weighted by atomic mass is 9.82. The van der Waals surface area contributed by atoms with Crippen molar-refractivity contribution in [2.45, 2.75) is 34.2 Å². The predicted octanol–water partition coefficient (Wildman–Crippen LogP) is 2.87. The number of ether oxygens (including phenoxy) is 1. The lowest BCUT2D eigenvalue weighted by molar-refractivity contribution is 0.165. The normalized spacial score (nSPS) is 13.8. The Morgan fingerprint density at radius 1 is 1.50 bits per heavy atom. The van der Waals surface area contributed by atoms with Crippen molar-refractivity contribution in [2.24, 2.45) is 11.3 Å². The maximum atomic E-state index is 5.74. The van der Waals surface area contributed by atoms with Gasteiger partial charge < -0.3 is 4.74 Å². The Morgan fingerprint density at radius 2 is 2.19 bits per heavy atom. The quantitative estimate of drug-likeness (QED) is 0.804. The summed E-state index contributed by atoms with van der Waals surface area (Å²) in [4.78, 5) is 0. The van der Waals surface area contributed by atoms with Gasteiger partial charge in [-0.1, -0.05) is 20.8 Å². The van der Waals surface area contributed by atoms with Crippen LogP contribution in [0.4, 0.5) is 0 Å². The van der Waals surface area contributed by atoms with E-state index in [1.165, 1.54) is 0 Å². The molecule has 16 heavy (non-hydrogen) atoms. The molecular formula is C12H22N2OS. The first-order chi connectivity index (χ1) is 7.47. The van der Waals surface area contributed by atoms with Gasteiger partial charge in [-0.3, -0.25) is 4.68 Å². The van der Waals surface area contributed by atoms with Crippen molar-refractivity contribution in [1.29, 1.82) is 0 Å². The van der Waals surface area contributed by atoms with Gasteiger partial charge >= 0.3 is 0 Å². The van der Waals surface area contributed by atoms with Crippen molar-refractivity contribution in [3.05, 3.63) is 12.4 Å². The minimum atomic E-state index is 0.225. The third-order valence-electron chi connectivity index (χ3n) is 2.83. The molecule has 0 spiro atoms.